The van der Waals surface area contributed by atoms with E-state index in [-0.39, 0.29) is 12.5 Å². The molecule has 0 aromatic carbocycles. The molecule has 0 aliphatic carbocycles. The molecule has 1 unspecified atom stereocenters. The topological polar surface area (TPSA) is 12.0 Å². The number of hydrogen-bond acceptors (Lipinski definition) is 1. The van der Waals surface area contributed by atoms with Gasteiger partial charge in [0.2, 0.25) is 0 Å². The summed E-state index contributed by atoms with van der Waals surface area (Å²) in [4.78, 5) is 0. The van der Waals surface area contributed by atoms with Crippen molar-refractivity contribution in [1.29, 1.82) is 0 Å². The molecule has 0 aliphatic heterocycles. The Morgan fingerprint density at radius 2 is 1.73 bits per heavy atom. The van der Waals surface area contributed by atoms with Crippen molar-refractivity contribution in [3.8, 4) is 0 Å². The molecule has 0 radical (unpaired) electrons. The zero-order chi connectivity index (χ0) is 9.07. The van der Waals surface area contributed by atoms with Gasteiger partial charge in [-0.2, -0.15) is 0 Å². The molecule has 0 rings (SSSR count). The molecule has 0 aromatic rings. The summed E-state index contributed by atoms with van der Waals surface area (Å²) in [5.74, 6) is -3.11. The van der Waals surface area contributed by atoms with Gasteiger partial charge in [0.25, 0.3) is 5.92 Å². The SMILES string of the molecule is CNCC(F)(F)C(C)C(C)C. The van der Waals surface area contributed by atoms with Crippen LogP contribution in [0.3, 0.4) is 0 Å². The highest BCUT2D eigenvalue weighted by Gasteiger charge is 2.36. The van der Waals surface area contributed by atoms with E-state index in [0.29, 0.717) is 0 Å². The van der Waals surface area contributed by atoms with Gasteiger partial charge in [-0.25, -0.2) is 8.78 Å². The molecule has 1 atom stereocenters. The lowest BCUT2D eigenvalue weighted by atomic mass is 9.91. The van der Waals surface area contributed by atoms with Gasteiger partial charge in [0.05, 0.1) is 6.54 Å². The second kappa shape index (κ2) is 4.00. The van der Waals surface area contributed by atoms with Crippen molar-refractivity contribution in [2.75, 3.05) is 13.6 Å². The molecule has 0 amide bonds. The standard InChI is InChI=1S/C8H17F2N/c1-6(2)7(3)8(9,10)5-11-4/h6-7,11H,5H2,1-4H3. The second-order valence-corrected chi connectivity index (χ2v) is 3.32. The van der Waals surface area contributed by atoms with Crippen LogP contribution in [0.4, 0.5) is 8.78 Å². The van der Waals surface area contributed by atoms with Crippen LogP contribution in [0.15, 0.2) is 0 Å². The quantitative estimate of drug-likeness (QED) is 0.673. The lowest BCUT2D eigenvalue weighted by Gasteiger charge is -2.26. The number of halogens is 2. The number of hydrogen-bond donors (Lipinski definition) is 1. The minimum Gasteiger partial charge on any atom is -0.314 e. The third kappa shape index (κ3) is 3.14. The zero-order valence-corrected chi connectivity index (χ0v) is 7.62. The van der Waals surface area contributed by atoms with Crippen LogP contribution in [-0.2, 0) is 0 Å². The van der Waals surface area contributed by atoms with Crippen molar-refractivity contribution in [2.24, 2.45) is 11.8 Å². The maximum atomic E-state index is 13.0. The zero-order valence-electron chi connectivity index (χ0n) is 7.62. The van der Waals surface area contributed by atoms with Gasteiger partial charge < -0.3 is 5.32 Å². The second-order valence-electron chi connectivity index (χ2n) is 3.32. The Bertz CT molecular complexity index is 113. The number of nitrogens with one attached hydrogen (secondary N) is 1. The van der Waals surface area contributed by atoms with Gasteiger partial charge >= 0.3 is 0 Å². The first-order chi connectivity index (χ1) is 4.91. The van der Waals surface area contributed by atoms with Gasteiger partial charge in [-0.15, -0.1) is 0 Å². The van der Waals surface area contributed by atoms with Crippen LogP contribution >= 0.6 is 0 Å². The highest BCUT2D eigenvalue weighted by molar-refractivity contribution is 4.77. The van der Waals surface area contributed by atoms with Crippen LogP contribution in [0.25, 0.3) is 0 Å². The fourth-order valence-corrected chi connectivity index (χ4v) is 0.884. The number of alkyl halides is 2. The Morgan fingerprint density at radius 1 is 1.27 bits per heavy atom. The summed E-state index contributed by atoms with van der Waals surface area (Å²) in [5, 5.41) is 2.49. The van der Waals surface area contributed by atoms with Crippen molar-refractivity contribution in [2.45, 2.75) is 26.7 Å². The molecule has 3 heteroatoms. The summed E-state index contributed by atoms with van der Waals surface area (Å²) in [5.41, 5.74) is 0. The minimum absolute atomic E-state index is 0.0262. The van der Waals surface area contributed by atoms with Crippen molar-refractivity contribution in [3.63, 3.8) is 0 Å². The van der Waals surface area contributed by atoms with E-state index in [9.17, 15) is 8.78 Å². The summed E-state index contributed by atoms with van der Waals surface area (Å²) in [6.07, 6.45) is 0. The van der Waals surface area contributed by atoms with Crippen molar-refractivity contribution in [1.82, 2.24) is 5.32 Å². The smallest absolute Gasteiger partial charge is 0.263 e. The maximum Gasteiger partial charge on any atom is 0.263 e. The molecule has 0 bridgehead atoms. The van der Waals surface area contributed by atoms with E-state index in [1.807, 2.05) is 13.8 Å². The average Bonchev–Trinajstić information content (AvgIpc) is 1.86. The van der Waals surface area contributed by atoms with Crippen molar-refractivity contribution in [3.05, 3.63) is 0 Å². The van der Waals surface area contributed by atoms with E-state index in [1.54, 1.807) is 14.0 Å². The molecule has 0 spiro atoms. The number of rotatable bonds is 4. The van der Waals surface area contributed by atoms with Crippen molar-refractivity contribution < 1.29 is 8.78 Å². The Morgan fingerprint density at radius 3 is 2.00 bits per heavy atom. The van der Waals surface area contributed by atoms with Crippen LogP contribution in [0.1, 0.15) is 20.8 Å². The van der Waals surface area contributed by atoms with E-state index >= 15 is 0 Å². The summed E-state index contributed by atoms with van der Waals surface area (Å²) in [6.45, 7) is 4.98. The molecular weight excluding hydrogens is 148 g/mol. The Hall–Kier alpha value is -0.180. The molecule has 0 aromatic heterocycles. The lowest BCUT2D eigenvalue weighted by Crippen LogP contribution is -2.38. The van der Waals surface area contributed by atoms with E-state index in [2.05, 4.69) is 5.32 Å². The first-order valence-corrected chi connectivity index (χ1v) is 3.94. The van der Waals surface area contributed by atoms with E-state index < -0.39 is 11.8 Å². The predicted molar refractivity (Wildman–Crippen MR) is 42.9 cm³/mol. The van der Waals surface area contributed by atoms with Gasteiger partial charge in [-0.1, -0.05) is 20.8 Å². The fraction of sp³-hybridized carbons (Fsp3) is 1.00. The lowest BCUT2D eigenvalue weighted by molar-refractivity contribution is -0.0638. The maximum absolute atomic E-state index is 13.0. The van der Waals surface area contributed by atoms with Crippen LogP contribution in [0.2, 0.25) is 0 Å². The van der Waals surface area contributed by atoms with Crippen LogP contribution in [0, 0.1) is 11.8 Å². The molecule has 0 saturated carbocycles. The molecule has 68 valence electrons. The molecular formula is C8H17F2N. The van der Waals surface area contributed by atoms with Crippen LogP contribution in [0.5, 0.6) is 0 Å². The molecule has 0 aliphatic rings. The summed E-state index contributed by atoms with van der Waals surface area (Å²) in [6, 6.07) is 0. The van der Waals surface area contributed by atoms with E-state index in [1.165, 1.54) is 0 Å². The van der Waals surface area contributed by atoms with E-state index in [4.69, 9.17) is 0 Å². The Balaban J connectivity index is 4.05. The third-order valence-corrected chi connectivity index (χ3v) is 2.08. The third-order valence-electron chi connectivity index (χ3n) is 2.08. The highest BCUT2D eigenvalue weighted by Crippen LogP contribution is 2.29. The van der Waals surface area contributed by atoms with Gasteiger partial charge in [0.1, 0.15) is 0 Å². The Kier molecular flexibility index (Phi) is 3.93. The van der Waals surface area contributed by atoms with Crippen LogP contribution < -0.4 is 5.32 Å². The van der Waals surface area contributed by atoms with Gasteiger partial charge in [0, 0.05) is 5.92 Å². The molecule has 1 nitrogen and oxygen atoms in total. The predicted octanol–water partition coefficient (Wildman–Crippen LogP) is 2.13. The molecule has 1 N–H and O–H groups in total. The summed E-state index contributed by atoms with van der Waals surface area (Å²) >= 11 is 0. The van der Waals surface area contributed by atoms with Crippen LogP contribution in [-0.4, -0.2) is 19.5 Å². The highest BCUT2D eigenvalue weighted by atomic mass is 19.3. The average molecular weight is 165 g/mol. The Labute approximate surface area is 67.2 Å². The summed E-state index contributed by atoms with van der Waals surface area (Å²) < 4.78 is 26.0. The first-order valence-electron chi connectivity index (χ1n) is 3.94. The normalized spacial score (nSPS) is 15.5. The largest absolute Gasteiger partial charge is 0.314 e. The minimum atomic E-state index is -2.58. The monoisotopic (exact) mass is 165 g/mol. The molecule has 11 heavy (non-hydrogen) atoms. The molecule has 0 fully saturated rings. The molecule has 0 saturated heterocycles. The fourth-order valence-electron chi connectivity index (χ4n) is 0.884. The van der Waals surface area contributed by atoms with E-state index in [0.717, 1.165) is 0 Å². The van der Waals surface area contributed by atoms with Gasteiger partial charge in [-0.3, -0.25) is 0 Å². The first kappa shape index (κ1) is 10.8. The molecule has 0 heterocycles. The van der Waals surface area contributed by atoms with Gasteiger partial charge in [-0.05, 0) is 13.0 Å². The van der Waals surface area contributed by atoms with Gasteiger partial charge in [0.15, 0.2) is 0 Å². The summed E-state index contributed by atoms with van der Waals surface area (Å²) in [7, 11) is 1.54. The van der Waals surface area contributed by atoms with Crippen molar-refractivity contribution >= 4 is 0 Å².